The molecule has 0 radical (unpaired) electrons. The molecule has 0 aromatic heterocycles. The Labute approximate surface area is 224 Å². The normalized spacial score (nSPS) is 20.0. The molecule has 2 saturated heterocycles. The van der Waals surface area contributed by atoms with Crippen LogP contribution in [0.15, 0.2) is 48.7 Å². The molecule has 3 aliphatic heterocycles. The number of hydrogen-bond acceptors (Lipinski definition) is 5. The molecular weight excluding hydrogens is 478 g/mol. The number of nitrogens with zero attached hydrogens (tertiary/aromatic N) is 2. The number of allylic oxidation sites excluding steroid dienone is 1. The average molecular weight is 516 g/mol. The molecule has 1 atom stereocenters. The van der Waals surface area contributed by atoms with Crippen molar-refractivity contribution in [3.05, 3.63) is 82.1 Å². The molecule has 200 valence electrons. The highest BCUT2D eigenvalue weighted by Gasteiger charge is 2.38. The molecule has 1 N–H and O–H groups in total. The molecule has 7 heteroatoms. The fourth-order valence-corrected chi connectivity index (χ4v) is 5.67. The van der Waals surface area contributed by atoms with E-state index in [1.54, 1.807) is 4.90 Å². The van der Waals surface area contributed by atoms with Gasteiger partial charge in [0.05, 0.1) is 13.2 Å². The minimum Gasteiger partial charge on any atom is -0.379 e. The maximum absolute atomic E-state index is 13.0. The van der Waals surface area contributed by atoms with Crippen LogP contribution >= 0.6 is 0 Å². The maximum Gasteiger partial charge on any atom is 0.255 e. The molecule has 0 bridgehead atoms. The van der Waals surface area contributed by atoms with Gasteiger partial charge < -0.3 is 15.0 Å². The second-order valence-corrected chi connectivity index (χ2v) is 10.8. The predicted octanol–water partition coefficient (Wildman–Crippen LogP) is 3.36. The first-order valence-electron chi connectivity index (χ1n) is 13.7. The molecule has 3 heterocycles. The molecule has 38 heavy (non-hydrogen) atoms. The minimum atomic E-state index is -0.460. The van der Waals surface area contributed by atoms with Crippen LogP contribution in [0, 0.1) is 6.92 Å². The Kier molecular flexibility index (Phi) is 8.05. The average Bonchev–Trinajstić information content (AvgIpc) is 3.23. The van der Waals surface area contributed by atoms with Crippen LogP contribution in [0.2, 0.25) is 0 Å². The van der Waals surface area contributed by atoms with Gasteiger partial charge in [-0.15, -0.1) is 0 Å². The molecule has 0 saturated carbocycles. The quantitative estimate of drug-likeness (QED) is 0.554. The van der Waals surface area contributed by atoms with E-state index in [9.17, 15) is 14.4 Å². The number of piperidine rings is 1. The first kappa shape index (κ1) is 26.3. The zero-order chi connectivity index (χ0) is 26.6. The van der Waals surface area contributed by atoms with Gasteiger partial charge in [-0.3, -0.25) is 19.3 Å². The van der Waals surface area contributed by atoms with Crippen molar-refractivity contribution in [3.63, 3.8) is 0 Å². The van der Waals surface area contributed by atoms with Crippen molar-refractivity contribution >= 4 is 17.6 Å². The summed E-state index contributed by atoms with van der Waals surface area (Å²) in [5.74, 6) is -0.0436. The number of Topliss-reactive ketones (excluding diaryl/α,β-unsaturated/α-hetero) is 1. The summed E-state index contributed by atoms with van der Waals surface area (Å²) in [5.41, 5.74) is 6.99. The molecule has 2 aromatic rings. The van der Waals surface area contributed by atoms with Crippen molar-refractivity contribution in [3.8, 4) is 0 Å². The Balaban J connectivity index is 1.15. The van der Waals surface area contributed by atoms with E-state index in [1.165, 1.54) is 11.1 Å². The second kappa shape index (κ2) is 11.6. The largest absolute Gasteiger partial charge is 0.379 e. The van der Waals surface area contributed by atoms with Gasteiger partial charge in [0.2, 0.25) is 5.91 Å². The highest BCUT2D eigenvalue weighted by molar-refractivity contribution is 6.01. The van der Waals surface area contributed by atoms with Gasteiger partial charge in [-0.2, -0.15) is 0 Å². The molecule has 1 unspecified atom stereocenters. The molecule has 2 amide bonds. The van der Waals surface area contributed by atoms with E-state index in [-0.39, 0.29) is 17.6 Å². The molecular formula is C31H37N3O4. The fourth-order valence-electron chi connectivity index (χ4n) is 5.67. The minimum absolute atomic E-state index is 0.0981. The summed E-state index contributed by atoms with van der Waals surface area (Å²) >= 11 is 0. The Morgan fingerprint density at radius 1 is 1.08 bits per heavy atom. The molecule has 7 nitrogen and oxygen atoms in total. The third kappa shape index (κ3) is 6.05. The number of rotatable bonds is 9. The van der Waals surface area contributed by atoms with Gasteiger partial charge in [0.15, 0.2) is 0 Å². The van der Waals surface area contributed by atoms with Crippen LogP contribution in [0.25, 0.3) is 0 Å². The number of amides is 2. The lowest BCUT2D eigenvalue weighted by atomic mass is 9.97. The third-order valence-corrected chi connectivity index (χ3v) is 8.01. The molecule has 3 aliphatic rings. The number of aryl methyl sites for hydroxylation is 2. The van der Waals surface area contributed by atoms with E-state index < -0.39 is 6.04 Å². The van der Waals surface area contributed by atoms with Crippen LogP contribution < -0.4 is 5.32 Å². The summed E-state index contributed by atoms with van der Waals surface area (Å²) in [5, 5.41) is 2.77. The van der Waals surface area contributed by atoms with Crippen molar-refractivity contribution in [1.29, 1.82) is 0 Å². The highest BCUT2D eigenvalue weighted by Crippen LogP contribution is 2.29. The van der Waals surface area contributed by atoms with Crippen LogP contribution in [-0.4, -0.2) is 66.3 Å². The lowest BCUT2D eigenvalue weighted by Crippen LogP contribution is -2.49. The van der Waals surface area contributed by atoms with Crippen molar-refractivity contribution in [2.24, 2.45) is 0 Å². The topological polar surface area (TPSA) is 79.0 Å². The standard InChI is InChI=1S/C31H37N3O4/c1-21-3-5-24(18-25(21)11-12-33-13-15-38-16-14-33)19-27(35)8-6-23-7-9-28-26(17-23)20-34(31(28)37)29-10-4-22(2)32-30(29)36/h3,5,7,9,17-18,29H,2,4,6,8,10-16,19-20H2,1H3,(H,32,36). The van der Waals surface area contributed by atoms with Crippen molar-refractivity contribution < 1.29 is 19.1 Å². The number of morpholine rings is 1. The van der Waals surface area contributed by atoms with E-state index in [0.717, 1.165) is 56.0 Å². The lowest BCUT2D eigenvalue weighted by molar-refractivity contribution is -0.126. The smallest absolute Gasteiger partial charge is 0.255 e. The number of ketones is 1. The number of nitrogens with one attached hydrogen (secondary N) is 1. The molecule has 5 rings (SSSR count). The zero-order valence-corrected chi connectivity index (χ0v) is 22.3. The maximum atomic E-state index is 13.0. The summed E-state index contributed by atoms with van der Waals surface area (Å²) in [4.78, 5) is 42.3. The molecule has 0 spiro atoms. The number of benzene rings is 2. The Bertz CT molecular complexity index is 1250. The SMILES string of the molecule is C=C1CCC(N2Cc3cc(CCC(=O)Cc4ccc(C)c(CCN5CCOCC5)c4)ccc3C2=O)C(=O)N1. The number of fused-ring (bicyclic) bond motifs is 1. The first-order chi connectivity index (χ1) is 18.4. The van der Waals surface area contributed by atoms with Crippen molar-refractivity contribution in [2.45, 2.75) is 58.0 Å². The van der Waals surface area contributed by atoms with Gasteiger partial charge in [0.1, 0.15) is 11.8 Å². The molecule has 2 aromatic carbocycles. The van der Waals surface area contributed by atoms with E-state index in [1.807, 2.05) is 18.2 Å². The predicted molar refractivity (Wildman–Crippen MR) is 146 cm³/mol. The molecule has 2 fully saturated rings. The van der Waals surface area contributed by atoms with E-state index in [0.29, 0.717) is 49.9 Å². The van der Waals surface area contributed by atoms with Crippen LogP contribution in [-0.2, 0) is 40.1 Å². The van der Waals surface area contributed by atoms with Gasteiger partial charge >= 0.3 is 0 Å². The van der Waals surface area contributed by atoms with E-state index in [2.05, 4.69) is 41.9 Å². The number of ether oxygens (including phenoxy) is 1. The van der Waals surface area contributed by atoms with Crippen LogP contribution in [0.3, 0.4) is 0 Å². The molecule has 0 aliphatic carbocycles. The summed E-state index contributed by atoms with van der Waals surface area (Å²) < 4.78 is 5.44. The second-order valence-electron chi connectivity index (χ2n) is 10.8. The van der Waals surface area contributed by atoms with E-state index >= 15 is 0 Å². The first-order valence-corrected chi connectivity index (χ1v) is 13.7. The zero-order valence-electron chi connectivity index (χ0n) is 22.3. The van der Waals surface area contributed by atoms with Crippen LogP contribution in [0.4, 0.5) is 0 Å². The van der Waals surface area contributed by atoms with Gasteiger partial charge in [0, 0.05) is 50.3 Å². The monoisotopic (exact) mass is 515 g/mol. The van der Waals surface area contributed by atoms with E-state index in [4.69, 9.17) is 4.74 Å². The van der Waals surface area contributed by atoms with Crippen LogP contribution in [0.1, 0.15) is 57.4 Å². The summed E-state index contributed by atoms with van der Waals surface area (Å²) in [6.07, 6.45) is 3.79. The Hall–Kier alpha value is -3.29. The van der Waals surface area contributed by atoms with Crippen molar-refractivity contribution in [1.82, 2.24) is 15.1 Å². The summed E-state index contributed by atoms with van der Waals surface area (Å²) in [7, 11) is 0. The van der Waals surface area contributed by atoms with Gasteiger partial charge in [-0.05, 0) is 66.5 Å². The van der Waals surface area contributed by atoms with Crippen LogP contribution in [0.5, 0.6) is 0 Å². The summed E-state index contributed by atoms with van der Waals surface area (Å²) in [6.45, 7) is 11.0. The fraction of sp³-hybridized carbons (Fsp3) is 0.452. The summed E-state index contributed by atoms with van der Waals surface area (Å²) in [6, 6.07) is 11.7. The third-order valence-electron chi connectivity index (χ3n) is 8.01. The lowest BCUT2D eigenvalue weighted by Gasteiger charge is -2.30. The number of carbonyl (C=O) groups is 3. The van der Waals surface area contributed by atoms with Gasteiger partial charge in [0.25, 0.3) is 5.91 Å². The highest BCUT2D eigenvalue weighted by atomic mass is 16.5. The number of hydrogen-bond donors (Lipinski definition) is 1. The van der Waals surface area contributed by atoms with Crippen molar-refractivity contribution in [2.75, 3.05) is 32.8 Å². The Morgan fingerprint density at radius 2 is 1.87 bits per heavy atom. The Morgan fingerprint density at radius 3 is 2.66 bits per heavy atom. The van der Waals surface area contributed by atoms with Gasteiger partial charge in [-0.1, -0.05) is 36.9 Å². The number of carbonyl (C=O) groups excluding carboxylic acids is 3. The van der Waals surface area contributed by atoms with Gasteiger partial charge in [-0.25, -0.2) is 0 Å².